The molecule has 1 aliphatic rings. The number of ether oxygens (including phenoxy) is 2. The molecule has 0 fully saturated rings. The topological polar surface area (TPSA) is 89.2 Å². The van der Waals surface area contributed by atoms with E-state index < -0.39 is 23.5 Å². The summed E-state index contributed by atoms with van der Waals surface area (Å²) in [6.07, 6.45) is -0.0233. The Hall–Kier alpha value is -3.29. The van der Waals surface area contributed by atoms with Gasteiger partial charge in [0.25, 0.3) is 5.91 Å². The highest BCUT2D eigenvalue weighted by Gasteiger charge is 2.44. The molecule has 1 unspecified atom stereocenters. The molecule has 2 aromatic carbocycles. The second kappa shape index (κ2) is 9.29. The number of halogens is 1. The number of amides is 1. The van der Waals surface area contributed by atoms with Gasteiger partial charge in [-0.1, -0.05) is 35.9 Å². The van der Waals surface area contributed by atoms with Crippen LogP contribution in [0.25, 0.3) is 11.0 Å². The summed E-state index contributed by atoms with van der Waals surface area (Å²) in [6.45, 7) is 4.23. The van der Waals surface area contributed by atoms with E-state index >= 15 is 0 Å². The number of methoxy groups -OCH3 is 1. The minimum absolute atomic E-state index is 0.00286. The minimum Gasteiger partial charge on any atom is -0.503 e. The Kier molecular flexibility index (Phi) is 6.44. The molecule has 0 saturated carbocycles. The van der Waals surface area contributed by atoms with Gasteiger partial charge in [-0.15, -0.1) is 0 Å². The van der Waals surface area contributed by atoms with Crippen molar-refractivity contribution in [2.75, 3.05) is 20.3 Å². The molecule has 1 N–H and O–H groups in total. The fourth-order valence-electron chi connectivity index (χ4n) is 3.94. The number of benzene rings is 2. The van der Waals surface area contributed by atoms with Crippen molar-refractivity contribution < 1.29 is 28.6 Å². The van der Waals surface area contributed by atoms with Crippen LogP contribution in [0.2, 0.25) is 5.02 Å². The van der Waals surface area contributed by atoms with E-state index in [1.807, 2.05) is 13.8 Å². The molecule has 33 heavy (non-hydrogen) atoms. The van der Waals surface area contributed by atoms with Gasteiger partial charge in [0.2, 0.25) is 5.78 Å². The average molecular weight is 470 g/mol. The number of aliphatic hydroxyl groups is 1. The largest absolute Gasteiger partial charge is 0.503 e. The van der Waals surface area contributed by atoms with Crippen LogP contribution in [0.3, 0.4) is 0 Å². The molecule has 0 bridgehead atoms. The lowest BCUT2D eigenvalue weighted by Gasteiger charge is -2.27. The molecule has 1 aromatic heterocycles. The Balaban J connectivity index is 1.76. The number of rotatable bonds is 8. The maximum atomic E-state index is 13.6. The summed E-state index contributed by atoms with van der Waals surface area (Å²) in [5, 5.41) is 12.0. The van der Waals surface area contributed by atoms with E-state index in [0.29, 0.717) is 27.3 Å². The fourth-order valence-corrected chi connectivity index (χ4v) is 4.06. The number of ketones is 1. The molecule has 7 nitrogen and oxygen atoms in total. The molecule has 0 spiro atoms. The van der Waals surface area contributed by atoms with Crippen LogP contribution in [0.15, 0.2) is 64.3 Å². The van der Waals surface area contributed by atoms with Crippen molar-refractivity contribution >= 4 is 34.3 Å². The number of nitrogens with zero attached hydrogens (tertiary/aromatic N) is 1. The normalized spacial score (nSPS) is 16.3. The summed E-state index contributed by atoms with van der Waals surface area (Å²) < 4.78 is 16.7. The number of furan rings is 1. The molecule has 0 saturated heterocycles. The van der Waals surface area contributed by atoms with E-state index in [0.717, 1.165) is 0 Å². The second-order valence-corrected chi connectivity index (χ2v) is 8.39. The number of Topliss-reactive ketones (excluding diaryl/α,β-unsaturated/α-hetero) is 1. The van der Waals surface area contributed by atoms with Crippen LogP contribution in [-0.2, 0) is 9.53 Å². The number of carbonyl (C=O) groups excluding carboxylic acids is 2. The van der Waals surface area contributed by atoms with Crippen molar-refractivity contribution in [2.24, 2.45) is 0 Å². The van der Waals surface area contributed by atoms with Crippen molar-refractivity contribution in [3.8, 4) is 5.75 Å². The van der Waals surface area contributed by atoms with Gasteiger partial charge in [0, 0.05) is 17.0 Å². The fraction of sp³-hybridized carbons (Fsp3) is 0.280. The average Bonchev–Trinajstić information content (AvgIpc) is 3.34. The summed E-state index contributed by atoms with van der Waals surface area (Å²) in [7, 11) is 1.51. The second-order valence-electron chi connectivity index (χ2n) is 7.95. The Morgan fingerprint density at radius 1 is 1.21 bits per heavy atom. The van der Waals surface area contributed by atoms with E-state index in [1.165, 1.54) is 12.0 Å². The first-order valence-electron chi connectivity index (χ1n) is 10.5. The standard InChI is InChI=1S/C25H24ClNO6/c1-14(2)32-12-11-27-21(15-7-9-17(26)10-8-15)20(23(29)25(27)30)22(28)19-13-16-5-4-6-18(31-3)24(16)33-19/h4-10,13-14,21,29H,11-12H2,1-3H3. The Bertz CT molecular complexity index is 1230. The number of para-hydroxylation sites is 1. The summed E-state index contributed by atoms with van der Waals surface area (Å²) in [5.74, 6) is -1.33. The van der Waals surface area contributed by atoms with Gasteiger partial charge in [-0.3, -0.25) is 9.59 Å². The van der Waals surface area contributed by atoms with E-state index in [-0.39, 0.29) is 30.6 Å². The van der Waals surface area contributed by atoms with Gasteiger partial charge in [0.1, 0.15) is 0 Å². The number of hydrogen-bond acceptors (Lipinski definition) is 6. The maximum Gasteiger partial charge on any atom is 0.290 e. The van der Waals surface area contributed by atoms with Crippen molar-refractivity contribution in [3.63, 3.8) is 0 Å². The monoisotopic (exact) mass is 469 g/mol. The van der Waals surface area contributed by atoms with Crippen molar-refractivity contribution in [3.05, 3.63) is 76.2 Å². The molecule has 8 heteroatoms. The van der Waals surface area contributed by atoms with Crippen LogP contribution in [-0.4, -0.2) is 48.1 Å². The number of fused-ring (bicyclic) bond motifs is 1. The van der Waals surface area contributed by atoms with E-state index in [9.17, 15) is 14.7 Å². The highest BCUT2D eigenvalue weighted by Crippen LogP contribution is 2.40. The van der Waals surface area contributed by atoms with Crippen molar-refractivity contribution in [1.82, 2.24) is 4.90 Å². The maximum absolute atomic E-state index is 13.6. The molecule has 1 atom stereocenters. The summed E-state index contributed by atoms with van der Waals surface area (Å²) in [5.41, 5.74) is 1.00. The van der Waals surface area contributed by atoms with Gasteiger partial charge in [-0.25, -0.2) is 0 Å². The van der Waals surface area contributed by atoms with Gasteiger partial charge in [-0.05, 0) is 43.7 Å². The molecule has 1 amide bonds. The van der Waals surface area contributed by atoms with Crippen LogP contribution in [0.1, 0.15) is 36.0 Å². The molecular weight excluding hydrogens is 446 g/mol. The predicted octanol–water partition coefficient (Wildman–Crippen LogP) is 5.10. The molecule has 4 rings (SSSR count). The molecular formula is C25H24ClNO6. The summed E-state index contributed by atoms with van der Waals surface area (Å²) >= 11 is 6.04. The first-order valence-corrected chi connectivity index (χ1v) is 10.9. The predicted molar refractivity (Wildman–Crippen MR) is 124 cm³/mol. The molecule has 172 valence electrons. The zero-order valence-corrected chi connectivity index (χ0v) is 19.3. The third-order valence-electron chi connectivity index (χ3n) is 5.47. The smallest absolute Gasteiger partial charge is 0.290 e. The molecule has 3 aromatic rings. The number of carbonyl (C=O) groups is 2. The van der Waals surface area contributed by atoms with E-state index in [1.54, 1.807) is 48.5 Å². The third-order valence-corrected chi connectivity index (χ3v) is 5.72. The van der Waals surface area contributed by atoms with Crippen LogP contribution >= 0.6 is 11.6 Å². The van der Waals surface area contributed by atoms with Gasteiger partial charge >= 0.3 is 0 Å². The lowest BCUT2D eigenvalue weighted by atomic mass is 9.95. The number of aliphatic hydroxyl groups excluding tert-OH is 1. The van der Waals surface area contributed by atoms with E-state index in [2.05, 4.69) is 0 Å². The molecule has 1 aliphatic heterocycles. The highest BCUT2D eigenvalue weighted by atomic mass is 35.5. The lowest BCUT2D eigenvalue weighted by molar-refractivity contribution is -0.130. The van der Waals surface area contributed by atoms with Crippen LogP contribution in [0, 0.1) is 0 Å². The quantitative estimate of drug-likeness (QED) is 0.462. The number of hydrogen-bond donors (Lipinski definition) is 1. The zero-order chi connectivity index (χ0) is 23.7. The Labute approximate surface area is 196 Å². The Morgan fingerprint density at radius 3 is 2.61 bits per heavy atom. The third kappa shape index (κ3) is 4.34. The van der Waals surface area contributed by atoms with Crippen LogP contribution in [0.5, 0.6) is 5.75 Å². The first-order chi connectivity index (χ1) is 15.8. The van der Waals surface area contributed by atoms with E-state index in [4.69, 9.17) is 25.5 Å². The van der Waals surface area contributed by atoms with Crippen LogP contribution in [0.4, 0.5) is 0 Å². The minimum atomic E-state index is -0.812. The van der Waals surface area contributed by atoms with Crippen molar-refractivity contribution in [1.29, 1.82) is 0 Å². The van der Waals surface area contributed by atoms with Gasteiger partial charge in [0.05, 0.1) is 31.4 Å². The summed E-state index contributed by atoms with van der Waals surface area (Å²) in [4.78, 5) is 28.0. The van der Waals surface area contributed by atoms with Gasteiger partial charge in [0.15, 0.2) is 22.9 Å². The van der Waals surface area contributed by atoms with Gasteiger partial charge in [-0.2, -0.15) is 0 Å². The molecule has 2 heterocycles. The van der Waals surface area contributed by atoms with Crippen LogP contribution < -0.4 is 4.74 Å². The van der Waals surface area contributed by atoms with Crippen molar-refractivity contribution in [2.45, 2.75) is 26.0 Å². The first kappa shape index (κ1) is 22.9. The zero-order valence-electron chi connectivity index (χ0n) is 18.5. The van der Waals surface area contributed by atoms with Gasteiger partial charge < -0.3 is 23.9 Å². The lowest BCUT2D eigenvalue weighted by Crippen LogP contribution is -2.34. The molecule has 0 aliphatic carbocycles. The summed E-state index contributed by atoms with van der Waals surface area (Å²) in [6, 6.07) is 12.9. The SMILES string of the molecule is COc1cccc2cc(C(=O)C3=C(O)C(=O)N(CCOC(C)C)C3c3ccc(Cl)cc3)oc12. The highest BCUT2D eigenvalue weighted by molar-refractivity contribution is 6.30. The molecule has 0 radical (unpaired) electrons. The Morgan fingerprint density at radius 2 is 1.94 bits per heavy atom.